The average Bonchev–Trinajstić information content (AvgIpc) is 1.70. The number of hydrogen-bond acceptors (Lipinski definition) is 12. The highest BCUT2D eigenvalue weighted by Gasteiger charge is 2.57. The van der Waals surface area contributed by atoms with Gasteiger partial charge in [-0.1, -0.05) is 67.2 Å². The summed E-state index contributed by atoms with van der Waals surface area (Å²) in [6.07, 6.45) is -17.6. The van der Waals surface area contributed by atoms with E-state index in [2.05, 4.69) is 21.3 Å². The number of amides is 11. The van der Waals surface area contributed by atoms with E-state index < -0.39 is 230 Å². The van der Waals surface area contributed by atoms with Crippen molar-refractivity contribution in [3.05, 3.63) is 0 Å². The summed E-state index contributed by atoms with van der Waals surface area (Å²) in [6, 6.07) is -13.1. The summed E-state index contributed by atoms with van der Waals surface area (Å²) in [6.45, 7) is 10.4. The molecular formula is C72H112F10N12O11. The Morgan fingerprint density at radius 2 is 1.20 bits per heavy atom. The van der Waals surface area contributed by atoms with Crippen LogP contribution in [0.25, 0.3) is 0 Å². The molecule has 4 aliphatic heterocycles. The van der Waals surface area contributed by atoms with E-state index in [0.29, 0.717) is 37.0 Å². The summed E-state index contributed by atoms with van der Waals surface area (Å²) >= 11 is 0. The van der Waals surface area contributed by atoms with E-state index in [1.165, 1.54) is 52.0 Å². The fourth-order valence-electron chi connectivity index (χ4n) is 16.6. The Hall–Kier alpha value is -6.57. The lowest BCUT2D eigenvalue weighted by Crippen LogP contribution is -2.65. The molecule has 3 saturated carbocycles. The SMILES string of the molecule is CC[C@H](C)[C@@H]1NC(=O)[C@H](CC(C)C)NC(=O)C[C@@H](C(=O)N2CCCC2)N(C)C(=O)[C@H]([C@@H](C)CC)N(C)C(=O)C2(CCCC2)NC(=O)[C@@H]2CC(F)(F)CN2C(=O)[C@H](CCC2CC(F)C(C(F)(F)F)C(F)C2)NCCN(C)C(=O)[C@H](CC2CCC(C(F)(F)F)CC2)N(C)C(=O)[C@@H]2CCN2C(=O)[C@H](C)N(C)C1=O. The molecule has 7 fully saturated rings. The van der Waals surface area contributed by atoms with Crippen LogP contribution in [-0.2, 0) is 52.7 Å². The van der Waals surface area contributed by atoms with Crippen molar-refractivity contribution in [3.63, 3.8) is 0 Å². The van der Waals surface area contributed by atoms with Crippen molar-refractivity contribution in [3.8, 4) is 0 Å². The number of hydrogen-bond donors (Lipinski definition) is 4. The summed E-state index contributed by atoms with van der Waals surface area (Å²) in [5.41, 5.74) is -1.88. The number of carbonyl (C=O) groups is 11. The number of likely N-dealkylation sites (N-methyl/N-ethyl adjacent to an activating group) is 5. The van der Waals surface area contributed by atoms with Gasteiger partial charge in [0.2, 0.25) is 65.0 Å². The van der Waals surface area contributed by atoms with E-state index >= 15 is 31.9 Å². The minimum Gasteiger partial charge on any atom is -0.344 e. The molecule has 13 atom stereocenters. The standard InChI is InChI=1S/C72H112F10N12O11/c1-13-41(5)57-66(103)88(9)43(7)61(98)93-31-25-51(93)64(101)89(10)52(36-44-19-22-46(23-20-44)71(77,78)79)63(100)87(8)32-28-83-49(24-21-45-34-47(73)56(48(74)35-45)72(80,81)82)62(99)94-39-70(75,76)38-54(94)60(97)86-69(26-15-16-27-69)68(105)91(12)58(42(6)14-2)67(104)90(11)53(65(102)92-29-17-18-30-92)37-55(95)84-50(33-40(3)4)59(96)85-57/h40-54,56-58,83H,13-39H2,1-12H3,(H,84,95)(H,85,96)(H,86,97)/t41-,42-,43-,44?,45?,46?,47?,48?,49-,50-,51-,52-,53-,54-,56?,57-,58-/m0/s1. The van der Waals surface area contributed by atoms with Gasteiger partial charge in [0.25, 0.3) is 5.92 Å². The van der Waals surface area contributed by atoms with E-state index in [9.17, 15) is 64.7 Å². The summed E-state index contributed by atoms with van der Waals surface area (Å²) < 4.78 is 146. The maximum Gasteiger partial charge on any atom is 0.397 e. The fraction of sp³-hybridized carbons (Fsp3) is 0.847. The minimum atomic E-state index is -5.23. The zero-order valence-electron chi connectivity index (χ0n) is 62.8. The molecule has 3 aliphatic carbocycles. The van der Waals surface area contributed by atoms with Crippen LogP contribution in [0.3, 0.4) is 0 Å². The molecule has 4 saturated heterocycles. The predicted molar refractivity (Wildman–Crippen MR) is 366 cm³/mol. The third-order valence-corrected chi connectivity index (χ3v) is 23.8. The Kier molecular flexibility index (Phi) is 29.1. The number of alkyl halides is 10. The van der Waals surface area contributed by atoms with Crippen LogP contribution in [0, 0.1) is 41.4 Å². The van der Waals surface area contributed by atoms with Gasteiger partial charge in [-0.05, 0) is 133 Å². The van der Waals surface area contributed by atoms with Gasteiger partial charge in [0.1, 0.15) is 72.1 Å². The summed E-state index contributed by atoms with van der Waals surface area (Å²) in [4.78, 5) is 173. The molecule has 4 heterocycles. The number of fused-ring (bicyclic) bond motifs is 2. The second-order valence-electron chi connectivity index (χ2n) is 31.6. The smallest absolute Gasteiger partial charge is 0.344 e. The van der Waals surface area contributed by atoms with Crippen molar-refractivity contribution in [1.82, 2.24) is 60.5 Å². The van der Waals surface area contributed by atoms with E-state index in [1.807, 2.05) is 0 Å². The molecule has 0 aromatic rings. The van der Waals surface area contributed by atoms with Crippen LogP contribution in [0.5, 0.6) is 0 Å². The Bertz CT molecular complexity index is 3080. The largest absolute Gasteiger partial charge is 0.397 e. The van der Waals surface area contributed by atoms with Crippen molar-refractivity contribution >= 4 is 65.0 Å². The monoisotopic (exact) mass is 1510 g/mol. The highest BCUT2D eigenvalue weighted by atomic mass is 19.4. The van der Waals surface area contributed by atoms with Gasteiger partial charge in [0.15, 0.2) is 0 Å². The number of likely N-dealkylation sites (tertiary alicyclic amines) is 1. The zero-order chi connectivity index (χ0) is 78.3. The predicted octanol–water partition coefficient (Wildman–Crippen LogP) is 6.93. The zero-order valence-corrected chi connectivity index (χ0v) is 62.8. The highest BCUT2D eigenvalue weighted by molar-refractivity contribution is 6.00. The van der Waals surface area contributed by atoms with E-state index in [0.717, 1.165) is 24.5 Å². The molecule has 105 heavy (non-hydrogen) atoms. The van der Waals surface area contributed by atoms with Gasteiger partial charge in [-0.3, -0.25) is 52.7 Å². The first-order valence-corrected chi connectivity index (χ1v) is 37.7. The molecule has 0 aromatic heterocycles. The van der Waals surface area contributed by atoms with Crippen molar-refractivity contribution in [2.75, 3.05) is 74.5 Å². The molecule has 0 bridgehead atoms. The van der Waals surface area contributed by atoms with E-state index in [1.54, 1.807) is 41.5 Å². The molecule has 2 unspecified atom stereocenters. The van der Waals surface area contributed by atoms with Crippen LogP contribution < -0.4 is 21.3 Å². The van der Waals surface area contributed by atoms with Gasteiger partial charge >= 0.3 is 12.4 Å². The Labute approximate surface area is 609 Å². The van der Waals surface area contributed by atoms with Gasteiger partial charge in [-0.2, -0.15) is 26.3 Å². The quantitative estimate of drug-likeness (QED) is 0.145. The van der Waals surface area contributed by atoms with Crippen LogP contribution in [0.2, 0.25) is 0 Å². The second-order valence-corrected chi connectivity index (χ2v) is 31.6. The molecule has 7 rings (SSSR count). The third-order valence-electron chi connectivity index (χ3n) is 23.8. The van der Waals surface area contributed by atoms with Crippen molar-refractivity contribution < 1.29 is 96.6 Å². The van der Waals surface area contributed by atoms with Crippen molar-refractivity contribution in [1.29, 1.82) is 0 Å². The number of nitrogens with zero attached hydrogens (tertiary/aromatic N) is 8. The van der Waals surface area contributed by atoms with Gasteiger partial charge in [0, 0.05) is 74.4 Å². The lowest BCUT2D eigenvalue weighted by Gasteiger charge is -2.45. The fourth-order valence-corrected chi connectivity index (χ4v) is 16.6. The lowest BCUT2D eigenvalue weighted by atomic mass is 9.76. The normalized spacial score (nSPS) is 32.8. The number of rotatable bonds is 12. The Morgan fingerprint density at radius 3 is 1.74 bits per heavy atom. The molecule has 7 aliphatic rings. The van der Waals surface area contributed by atoms with Gasteiger partial charge in [-0.25, -0.2) is 17.6 Å². The summed E-state index contributed by atoms with van der Waals surface area (Å²) in [5.74, 6) is -20.5. The topological polar surface area (TPSA) is 262 Å². The molecule has 0 radical (unpaired) electrons. The first-order valence-electron chi connectivity index (χ1n) is 37.7. The van der Waals surface area contributed by atoms with E-state index in [-0.39, 0.29) is 109 Å². The highest BCUT2D eigenvalue weighted by Crippen LogP contribution is 2.46. The lowest BCUT2D eigenvalue weighted by molar-refractivity contribution is -0.219. The third kappa shape index (κ3) is 20.4. The number of halogens is 10. The van der Waals surface area contributed by atoms with Crippen LogP contribution in [0.1, 0.15) is 183 Å². The van der Waals surface area contributed by atoms with Crippen LogP contribution in [-0.4, -0.2) is 269 Å². The molecule has 4 N–H and O–H groups in total. The van der Waals surface area contributed by atoms with Crippen LogP contribution in [0.4, 0.5) is 43.9 Å². The number of nitrogens with one attached hydrogen (secondary N) is 4. The summed E-state index contributed by atoms with van der Waals surface area (Å²) in [5, 5.41) is 11.2. The molecule has 0 aromatic carbocycles. The minimum absolute atomic E-state index is 0.0193. The van der Waals surface area contributed by atoms with Gasteiger partial charge in [-0.15, -0.1) is 0 Å². The van der Waals surface area contributed by atoms with Crippen molar-refractivity contribution in [2.45, 2.75) is 274 Å². The Balaban J connectivity index is 1.29. The average molecular weight is 1510 g/mol. The van der Waals surface area contributed by atoms with Crippen LogP contribution >= 0.6 is 0 Å². The molecule has 11 amide bonds. The van der Waals surface area contributed by atoms with Gasteiger partial charge in [0.05, 0.1) is 24.9 Å². The second kappa shape index (κ2) is 35.6. The summed E-state index contributed by atoms with van der Waals surface area (Å²) in [7, 11) is 6.59. The van der Waals surface area contributed by atoms with Crippen molar-refractivity contribution in [2.24, 2.45) is 41.4 Å². The molecular weight excluding hydrogens is 1400 g/mol. The Morgan fingerprint density at radius 1 is 0.600 bits per heavy atom. The number of carbonyl (C=O) groups excluding carboxylic acids is 11. The maximum absolute atomic E-state index is 16.1. The van der Waals surface area contributed by atoms with E-state index in [4.69, 9.17) is 0 Å². The van der Waals surface area contributed by atoms with Crippen LogP contribution in [0.15, 0.2) is 0 Å². The molecule has 1 spiro atoms. The maximum atomic E-state index is 16.1. The van der Waals surface area contributed by atoms with Gasteiger partial charge < -0.3 is 60.5 Å². The molecule has 23 nitrogen and oxygen atoms in total. The molecule has 33 heteroatoms. The first kappa shape index (κ1) is 85.7. The molecule has 596 valence electrons. The first-order chi connectivity index (χ1) is 49.0.